The molecule has 1 unspecified atom stereocenters. The minimum atomic E-state index is -0.946. The van der Waals surface area contributed by atoms with E-state index in [1.165, 1.54) is 0 Å². The zero-order valence-corrected chi connectivity index (χ0v) is 7.47. The Kier molecular flexibility index (Phi) is 2.76. The summed E-state index contributed by atoms with van der Waals surface area (Å²) >= 11 is 0. The van der Waals surface area contributed by atoms with E-state index in [2.05, 4.69) is 4.98 Å². The monoisotopic (exact) mass is 169 g/mol. The highest BCUT2D eigenvalue weighted by molar-refractivity contribution is 7.85. The molecule has 2 nitrogen and oxygen atoms in total. The van der Waals surface area contributed by atoms with Crippen LogP contribution >= 0.6 is 0 Å². The van der Waals surface area contributed by atoms with Gasteiger partial charge in [0.2, 0.25) is 0 Å². The molecule has 11 heavy (non-hydrogen) atoms. The number of nitrogens with zero attached hydrogens (tertiary/aromatic N) is 1. The van der Waals surface area contributed by atoms with E-state index in [1.54, 1.807) is 12.3 Å². The maximum Gasteiger partial charge on any atom is 0.127 e. The van der Waals surface area contributed by atoms with Crippen LogP contribution in [0, 0.1) is 0 Å². The number of aromatic nitrogens is 1. The first kappa shape index (κ1) is 8.40. The zero-order valence-electron chi connectivity index (χ0n) is 6.65. The third kappa shape index (κ3) is 2.12. The first-order valence-electron chi connectivity index (χ1n) is 3.53. The predicted octanol–water partition coefficient (Wildman–Crippen LogP) is 1.60. The van der Waals surface area contributed by atoms with E-state index in [0.29, 0.717) is 5.03 Å². The summed E-state index contributed by atoms with van der Waals surface area (Å²) < 4.78 is 11.4. The molecule has 0 N–H and O–H groups in total. The van der Waals surface area contributed by atoms with Crippen LogP contribution in [0.1, 0.15) is 13.8 Å². The van der Waals surface area contributed by atoms with Crippen LogP contribution in [0.3, 0.4) is 0 Å². The standard InChI is InChI=1S/C8H11NOS/c1-7(2)11(10)8-5-3-4-6-9-8/h3-7H,1-2H3. The van der Waals surface area contributed by atoms with Crippen molar-refractivity contribution in [1.82, 2.24) is 4.98 Å². The summed E-state index contributed by atoms with van der Waals surface area (Å²) in [5.41, 5.74) is 0. The fourth-order valence-electron chi connectivity index (χ4n) is 0.708. The minimum absolute atomic E-state index is 0.143. The zero-order chi connectivity index (χ0) is 8.27. The third-order valence-corrected chi connectivity index (χ3v) is 2.78. The highest BCUT2D eigenvalue weighted by atomic mass is 32.2. The Labute approximate surface area is 69.1 Å². The van der Waals surface area contributed by atoms with Crippen molar-refractivity contribution < 1.29 is 4.21 Å². The van der Waals surface area contributed by atoms with Crippen LogP contribution in [0.2, 0.25) is 0 Å². The van der Waals surface area contributed by atoms with Crippen LogP contribution in [0.5, 0.6) is 0 Å². The summed E-state index contributed by atoms with van der Waals surface area (Å²) in [6.45, 7) is 3.84. The molecule has 1 aromatic rings. The predicted molar refractivity (Wildman–Crippen MR) is 45.8 cm³/mol. The lowest BCUT2D eigenvalue weighted by atomic mass is 10.5. The Morgan fingerprint density at radius 1 is 1.45 bits per heavy atom. The molecule has 0 radical (unpaired) electrons. The largest absolute Gasteiger partial charge is 0.252 e. The highest BCUT2D eigenvalue weighted by Crippen LogP contribution is 2.05. The second-order valence-electron chi connectivity index (χ2n) is 2.51. The van der Waals surface area contributed by atoms with E-state index in [9.17, 15) is 4.21 Å². The lowest BCUT2D eigenvalue weighted by Gasteiger charge is -2.02. The van der Waals surface area contributed by atoms with E-state index in [4.69, 9.17) is 0 Å². The van der Waals surface area contributed by atoms with Crippen LogP contribution in [-0.4, -0.2) is 14.4 Å². The van der Waals surface area contributed by atoms with Crippen molar-refractivity contribution in [1.29, 1.82) is 0 Å². The van der Waals surface area contributed by atoms with E-state index in [-0.39, 0.29) is 5.25 Å². The Morgan fingerprint density at radius 3 is 2.64 bits per heavy atom. The molecule has 0 spiro atoms. The number of rotatable bonds is 2. The summed E-state index contributed by atoms with van der Waals surface area (Å²) in [5.74, 6) is 0. The molecule has 1 heterocycles. The minimum Gasteiger partial charge on any atom is -0.252 e. The molecule has 0 aromatic carbocycles. The Hall–Kier alpha value is -0.700. The summed E-state index contributed by atoms with van der Waals surface area (Å²) in [6, 6.07) is 5.46. The summed E-state index contributed by atoms with van der Waals surface area (Å²) in [7, 11) is -0.946. The number of hydrogen-bond acceptors (Lipinski definition) is 2. The summed E-state index contributed by atoms with van der Waals surface area (Å²) in [4.78, 5) is 4.00. The van der Waals surface area contributed by atoms with E-state index in [0.717, 1.165) is 0 Å². The van der Waals surface area contributed by atoms with Crippen LogP contribution in [-0.2, 0) is 10.8 Å². The SMILES string of the molecule is CC(C)S(=O)c1ccccn1. The maximum atomic E-state index is 11.4. The van der Waals surface area contributed by atoms with Gasteiger partial charge in [0.05, 0.1) is 10.8 Å². The Morgan fingerprint density at radius 2 is 2.18 bits per heavy atom. The number of hydrogen-bond donors (Lipinski definition) is 0. The normalized spacial score (nSPS) is 13.4. The molecule has 0 amide bonds. The van der Waals surface area contributed by atoms with Gasteiger partial charge in [0.25, 0.3) is 0 Å². The van der Waals surface area contributed by atoms with Gasteiger partial charge in [-0.05, 0) is 12.1 Å². The van der Waals surface area contributed by atoms with Crippen molar-refractivity contribution in [2.45, 2.75) is 24.1 Å². The molecule has 0 saturated carbocycles. The van der Waals surface area contributed by atoms with Gasteiger partial charge in [-0.25, -0.2) is 4.98 Å². The fraction of sp³-hybridized carbons (Fsp3) is 0.375. The van der Waals surface area contributed by atoms with Crippen LogP contribution in [0.15, 0.2) is 29.4 Å². The molecular formula is C8H11NOS. The van der Waals surface area contributed by atoms with Crippen molar-refractivity contribution in [3.8, 4) is 0 Å². The summed E-state index contributed by atoms with van der Waals surface area (Å²) in [5, 5.41) is 0.812. The van der Waals surface area contributed by atoms with Gasteiger partial charge in [-0.2, -0.15) is 0 Å². The average Bonchev–Trinajstić information content (AvgIpc) is 2.05. The van der Waals surface area contributed by atoms with Gasteiger partial charge in [-0.1, -0.05) is 19.9 Å². The first-order chi connectivity index (χ1) is 5.22. The van der Waals surface area contributed by atoms with E-state index >= 15 is 0 Å². The molecule has 0 aliphatic rings. The van der Waals surface area contributed by atoms with Crippen molar-refractivity contribution in [2.24, 2.45) is 0 Å². The van der Waals surface area contributed by atoms with Gasteiger partial charge < -0.3 is 0 Å². The molecule has 1 atom stereocenters. The quantitative estimate of drug-likeness (QED) is 0.673. The van der Waals surface area contributed by atoms with Crippen LogP contribution < -0.4 is 0 Å². The molecule has 60 valence electrons. The first-order valence-corrected chi connectivity index (χ1v) is 4.74. The molecule has 1 rings (SSSR count). The third-order valence-electron chi connectivity index (χ3n) is 1.27. The van der Waals surface area contributed by atoms with Crippen molar-refractivity contribution in [2.75, 3.05) is 0 Å². The molecule has 0 saturated heterocycles. The lowest BCUT2D eigenvalue weighted by molar-refractivity contribution is 0.673. The van der Waals surface area contributed by atoms with Crippen molar-refractivity contribution in [3.63, 3.8) is 0 Å². The second-order valence-corrected chi connectivity index (χ2v) is 4.47. The van der Waals surface area contributed by atoms with Crippen molar-refractivity contribution >= 4 is 10.8 Å². The van der Waals surface area contributed by atoms with Gasteiger partial charge in [-0.3, -0.25) is 4.21 Å². The van der Waals surface area contributed by atoms with E-state index < -0.39 is 10.8 Å². The van der Waals surface area contributed by atoms with Crippen LogP contribution in [0.25, 0.3) is 0 Å². The maximum absolute atomic E-state index is 11.4. The molecule has 0 aliphatic heterocycles. The molecule has 0 bridgehead atoms. The lowest BCUT2D eigenvalue weighted by Crippen LogP contribution is -2.06. The molecule has 1 aromatic heterocycles. The molecule has 0 fully saturated rings. The molecule has 0 aliphatic carbocycles. The van der Waals surface area contributed by atoms with Gasteiger partial charge in [0, 0.05) is 11.4 Å². The average molecular weight is 169 g/mol. The fourth-order valence-corrected chi connectivity index (χ4v) is 1.57. The van der Waals surface area contributed by atoms with Gasteiger partial charge >= 0.3 is 0 Å². The Bertz CT molecular complexity index is 246. The summed E-state index contributed by atoms with van der Waals surface area (Å²) in [6.07, 6.45) is 1.66. The second kappa shape index (κ2) is 3.62. The molecular weight excluding hydrogens is 158 g/mol. The Balaban J connectivity index is 2.86. The topological polar surface area (TPSA) is 30.0 Å². The van der Waals surface area contributed by atoms with Gasteiger partial charge in [0.1, 0.15) is 5.03 Å². The molecule has 3 heteroatoms. The number of pyridine rings is 1. The van der Waals surface area contributed by atoms with E-state index in [1.807, 2.05) is 26.0 Å². The van der Waals surface area contributed by atoms with Gasteiger partial charge in [0.15, 0.2) is 0 Å². The highest BCUT2D eigenvalue weighted by Gasteiger charge is 2.07. The van der Waals surface area contributed by atoms with Crippen molar-refractivity contribution in [3.05, 3.63) is 24.4 Å². The smallest absolute Gasteiger partial charge is 0.127 e. The van der Waals surface area contributed by atoms with Crippen LogP contribution in [0.4, 0.5) is 0 Å². The van der Waals surface area contributed by atoms with Gasteiger partial charge in [-0.15, -0.1) is 0 Å².